The Morgan fingerprint density at radius 1 is 1.26 bits per heavy atom. The third-order valence-corrected chi connectivity index (χ3v) is 6.74. The first-order valence-electron chi connectivity index (χ1n) is 8.02. The average molecular weight is 337 g/mol. The highest BCUT2D eigenvalue weighted by Gasteiger charge is 2.41. The number of nitrogens with two attached hydrogens (primary N) is 1. The summed E-state index contributed by atoms with van der Waals surface area (Å²) < 4.78 is 28.9. The van der Waals surface area contributed by atoms with E-state index >= 15 is 0 Å². The Bertz CT molecular complexity index is 704. The van der Waals surface area contributed by atoms with Crippen molar-refractivity contribution in [1.29, 1.82) is 0 Å². The van der Waals surface area contributed by atoms with Crippen molar-refractivity contribution in [2.24, 2.45) is 11.7 Å². The zero-order valence-electron chi connectivity index (χ0n) is 13.3. The Kier molecular flexibility index (Phi) is 4.44. The summed E-state index contributed by atoms with van der Waals surface area (Å²) in [6, 6.07) is 6.81. The van der Waals surface area contributed by atoms with E-state index in [0.717, 1.165) is 24.0 Å². The van der Waals surface area contributed by atoms with E-state index in [2.05, 4.69) is 6.92 Å². The number of amides is 1. The average Bonchev–Trinajstić information content (AvgIpc) is 2.53. The Labute approximate surface area is 137 Å². The third kappa shape index (κ3) is 3.13. The molecule has 7 heteroatoms. The van der Waals surface area contributed by atoms with Crippen LogP contribution in [0, 0.1) is 5.92 Å². The van der Waals surface area contributed by atoms with Crippen LogP contribution in [0.5, 0.6) is 0 Å². The molecule has 1 aromatic carbocycles. The zero-order valence-corrected chi connectivity index (χ0v) is 14.1. The van der Waals surface area contributed by atoms with Gasteiger partial charge < -0.3 is 5.73 Å². The third-order valence-electron chi connectivity index (χ3n) is 4.78. The van der Waals surface area contributed by atoms with Gasteiger partial charge in [-0.2, -0.15) is 17.0 Å². The van der Waals surface area contributed by atoms with Gasteiger partial charge in [0.1, 0.15) is 6.04 Å². The topological polar surface area (TPSA) is 83.7 Å². The second-order valence-electron chi connectivity index (χ2n) is 6.55. The fraction of sp³-hybridized carbons (Fsp3) is 0.562. The number of hydrogen-bond donors (Lipinski definition) is 1. The highest BCUT2D eigenvalue weighted by atomic mass is 32.2. The van der Waals surface area contributed by atoms with Crippen LogP contribution in [0.2, 0.25) is 0 Å². The molecule has 6 nitrogen and oxygen atoms in total. The van der Waals surface area contributed by atoms with E-state index < -0.39 is 22.2 Å². The van der Waals surface area contributed by atoms with Crippen LogP contribution < -0.4 is 5.73 Å². The van der Waals surface area contributed by atoms with Gasteiger partial charge in [-0.1, -0.05) is 31.2 Å². The molecule has 0 aromatic heterocycles. The Hall–Kier alpha value is -1.44. The maximum atomic E-state index is 13.1. The van der Waals surface area contributed by atoms with Crippen molar-refractivity contribution < 1.29 is 13.2 Å². The largest absolute Gasteiger partial charge is 0.368 e. The fourth-order valence-electron chi connectivity index (χ4n) is 3.49. The van der Waals surface area contributed by atoms with Crippen LogP contribution in [-0.4, -0.2) is 42.1 Å². The molecule has 0 radical (unpaired) electrons. The molecular formula is C16H23N3O3S. The lowest BCUT2D eigenvalue weighted by molar-refractivity contribution is -0.122. The minimum absolute atomic E-state index is 0.205. The van der Waals surface area contributed by atoms with E-state index in [1.807, 2.05) is 24.3 Å². The van der Waals surface area contributed by atoms with Crippen molar-refractivity contribution in [3.8, 4) is 0 Å². The van der Waals surface area contributed by atoms with Gasteiger partial charge in [0.25, 0.3) is 10.2 Å². The molecule has 1 saturated heterocycles. The summed E-state index contributed by atoms with van der Waals surface area (Å²) in [4.78, 5) is 11.9. The van der Waals surface area contributed by atoms with E-state index in [-0.39, 0.29) is 6.54 Å². The van der Waals surface area contributed by atoms with E-state index in [1.54, 1.807) is 0 Å². The molecule has 0 unspecified atom stereocenters. The van der Waals surface area contributed by atoms with Crippen molar-refractivity contribution in [1.82, 2.24) is 8.61 Å². The second-order valence-corrected chi connectivity index (χ2v) is 8.43. The molecule has 1 amide bonds. The minimum Gasteiger partial charge on any atom is -0.368 e. The van der Waals surface area contributed by atoms with E-state index in [0.29, 0.717) is 25.4 Å². The molecule has 2 aliphatic heterocycles. The van der Waals surface area contributed by atoms with Crippen LogP contribution in [0.1, 0.15) is 30.9 Å². The summed E-state index contributed by atoms with van der Waals surface area (Å²) >= 11 is 0. The summed E-state index contributed by atoms with van der Waals surface area (Å²) in [7, 11) is -3.69. The summed E-state index contributed by atoms with van der Waals surface area (Å²) in [5.74, 6) is -0.254. The number of nitrogens with zero attached hydrogens (tertiary/aromatic N) is 2. The molecule has 2 heterocycles. The molecule has 0 saturated carbocycles. The maximum absolute atomic E-state index is 13.1. The van der Waals surface area contributed by atoms with E-state index in [4.69, 9.17) is 5.73 Å². The SMILES string of the molecule is C[C@@H]1CCCN(S(=O)(=O)N2Cc3ccccc3C[C@H]2C(N)=O)C1. The molecule has 2 atom stereocenters. The normalized spacial score (nSPS) is 26.7. The monoisotopic (exact) mass is 337 g/mol. The Balaban J connectivity index is 1.94. The molecule has 1 aromatic rings. The number of rotatable bonds is 3. The predicted molar refractivity (Wildman–Crippen MR) is 87.6 cm³/mol. The van der Waals surface area contributed by atoms with Gasteiger partial charge in [0, 0.05) is 19.6 Å². The van der Waals surface area contributed by atoms with Gasteiger partial charge >= 0.3 is 0 Å². The van der Waals surface area contributed by atoms with Crippen LogP contribution in [0.4, 0.5) is 0 Å². The number of carbonyl (C=O) groups excluding carboxylic acids is 1. The molecule has 23 heavy (non-hydrogen) atoms. The number of piperidine rings is 1. The summed E-state index contributed by atoms with van der Waals surface area (Å²) in [5, 5.41) is 0. The molecule has 0 spiro atoms. The lowest BCUT2D eigenvalue weighted by Crippen LogP contribution is -2.56. The fourth-order valence-corrected chi connectivity index (χ4v) is 5.39. The highest BCUT2D eigenvalue weighted by Crippen LogP contribution is 2.29. The lowest BCUT2D eigenvalue weighted by Gasteiger charge is -2.39. The summed E-state index contributed by atoms with van der Waals surface area (Å²) in [6.45, 7) is 3.28. The molecule has 0 bridgehead atoms. The molecule has 1 fully saturated rings. The van der Waals surface area contributed by atoms with Gasteiger partial charge in [0.05, 0.1) is 0 Å². The number of carbonyl (C=O) groups is 1. The first-order chi connectivity index (χ1) is 10.9. The Morgan fingerprint density at radius 2 is 1.96 bits per heavy atom. The van der Waals surface area contributed by atoms with Gasteiger partial charge in [-0.05, 0) is 36.3 Å². The number of primary amides is 1. The van der Waals surface area contributed by atoms with Crippen LogP contribution in [0.15, 0.2) is 24.3 Å². The van der Waals surface area contributed by atoms with E-state index in [1.165, 1.54) is 8.61 Å². The maximum Gasteiger partial charge on any atom is 0.283 e. The standard InChI is InChI=1S/C16H23N3O3S/c1-12-5-4-8-18(10-12)23(21,22)19-11-14-7-3-2-6-13(14)9-15(19)16(17)20/h2-3,6-7,12,15H,4-5,8-11H2,1H3,(H2,17,20)/t12-,15+/m1/s1. The van der Waals surface area contributed by atoms with Crippen molar-refractivity contribution in [2.75, 3.05) is 13.1 Å². The first kappa shape index (κ1) is 16.4. The van der Waals surface area contributed by atoms with Gasteiger partial charge in [0.15, 0.2) is 0 Å². The summed E-state index contributed by atoms with van der Waals surface area (Å²) in [6.07, 6.45) is 2.23. The number of fused-ring (bicyclic) bond motifs is 1. The minimum atomic E-state index is -3.69. The molecule has 126 valence electrons. The Morgan fingerprint density at radius 3 is 2.61 bits per heavy atom. The van der Waals surface area contributed by atoms with E-state index in [9.17, 15) is 13.2 Å². The second kappa shape index (κ2) is 6.22. The molecule has 0 aliphatic carbocycles. The van der Waals surface area contributed by atoms with Crippen molar-refractivity contribution >= 4 is 16.1 Å². The quantitative estimate of drug-likeness (QED) is 0.888. The lowest BCUT2D eigenvalue weighted by atomic mass is 9.96. The van der Waals surface area contributed by atoms with Gasteiger partial charge in [0.2, 0.25) is 5.91 Å². The van der Waals surface area contributed by atoms with Crippen molar-refractivity contribution in [3.63, 3.8) is 0 Å². The van der Waals surface area contributed by atoms with Gasteiger partial charge in [-0.15, -0.1) is 0 Å². The summed E-state index contributed by atoms with van der Waals surface area (Å²) in [5.41, 5.74) is 7.44. The van der Waals surface area contributed by atoms with Gasteiger partial charge in [-0.25, -0.2) is 0 Å². The van der Waals surface area contributed by atoms with Crippen molar-refractivity contribution in [2.45, 2.75) is 38.8 Å². The molecular weight excluding hydrogens is 314 g/mol. The molecule has 2 aliphatic rings. The molecule has 3 rings (SSSR count). The van der Waals surface area contributed by atoms with Crippen LogP contribution in [0.25, 0.3) is 0 Å². The van der Waals surface area contributed by atoms with Crippen LogP contribution in [-0.2, 0) is 28.0 Å². The smallest absolute Gasteiger partial charge is 0.283 e. The predicted octanol–water partition coefficient (Wildman–Crippen LogP) is 0.875. The van der Waals surface area contributed by atoms with Crippen LogP contribution in [0.3, 0.4) is 0 Å². The van der Waals surface area contributed by atoms with Gasteiger partial charge in [-0.3, -0.25) is 4.79 Å². The van der Waals surface area contributed by atoms with Crippen molar-refractivity contribution in [3.05, 3.63) is 35.4 Å². The van der Waals surface area contributed by atoms with Crippen LogP contribution >= 0.6 is 0 Å². The highest BCUT2D eigenvalue weighted by molar-refractivity contribution is 7.86. The molecule has 2 N–H and O–H groups in total. The zero-order chi connectivity index (χ0) is 16.6. The first-order valence-corrected chi connectivity index (χ1v) is 9.42. The number of hydrogen-bond acceptors (Lipinski definition) is 3. The number of benzene rings is 1.